The predicted molar refractivity (Wildman–Crippen MR) is 112 cm³/mol. The standard InChI is InChI=1S/C19H22N4O3.2ClH/c1-13-17(21-9-10-26-13)19(25)22-12-14-3-2-4-15(11-14)18(24)23-16-5-7-20-8-6-16;;/h2-8,11,13,17,21H,9-10,12H2,1H3,(H,22,25)(H,20,23,24);2*1H/t13-,17+;;/m1../s1. The maximum atomic E-state index is 12.3. The molecular formula is C19H24Cl2N4O3. The number of amides is 2. The summed E-state index contributed by atoms with van der Waals surface area (Å²) in [6.45, 7) is 3.49. The van der Waals surface area contributed by atoms with Crippen LogP contribution in [0.3, 0.4) is 0 Å². The molecule has 0 bridgehead atoms. The molecular weight excluding hydrogens is 403 g/mol. The van der Waals surface area contributed by atoms with Gasteiger partial charge in [0, 0.05) is 36.7 Å². The molecule has 9 heteroatoms. The van der Waals surface area contributed by atoms with E-state index < -0.39 is 0 Å². The van der Waals surface area contributed by atoms with Crippen molar-refractivity contribution in [2.24, 2.45) is 0 Å². The Balaban J connectivity index is 0.00000196. The molecule has 7 nitrogen and oxygen atoms in total. The monoisotopic (exact) mass is 426 g/mol. The Morgan fingerprint density at radius 3 is 2.68 bits per heavy atom. The third-order valence-corrected chi connectivity index (χ3v) is 4.19. The van der Waals surface area contributed by atoms with Crippen LogP contribution in [0.4, 0.5) is 5.69 Å². The van der Waals surface area contributed by atoms with Crippen molar-refractivity contribution < 1.29 is 14.3 Å². The number of benzene rings is 1. The Bertz CT molecular complexity index is 777. The zero-order valence-corrected chi connectivity index (χ0v) is 17.0. The number of pyridine rings is 1. The summed E-state index contributed by atoms with van der Waals surface area (Å²) < 4.78 is 5.49. The zero-order valence-electron chi connectivity index (χ0n) is 15.4. The predicted octanol–water partition coefficient (Wildman–Crippen LogP) is 2.17. The van der Waals surface area contributed by atoms with Crippen molar-refractivity contribution in [3.63, 3.8) is 0 Å². The van der Waals surface area contributed by atoms with Crippen LogP contribution >= 0.6 is 24.8 Å². The summed E-state index contributed by atoms with van der Waals surface area (Å²) in [6, 6.07) is 10.3. The van der Waals surface area contributed by atoms with Crippen molar-refractivity contribution >= 4 is 42.3 Å². The van der Waals surface area contributed by atoms with E-state index in [1.807, 2.05) is 13.0 Å². The second kappa shape index (κ2) is 11.6. The van der Waals surface area contributed by atoms with E-state index in [-0.39, 0.29) is 48.8 Å². The first kappa shape index (κ1) is 23.8. The number of anilines is 1. The van der Waals surface area contributed by atoms with E-state index in [1.54, 1.807) is 42.7 Å². The number of hydrogen-bond acceptors (Lipinski definition) is 5. The number of nitrogens with one attached hydrogen (secondary N) is 3. The Labute approximate surface area is 176 Å². The zero-order chi connectivity index (χ0) is 18.4. The van der Waals surface area contributed by atoms with Gasteiger partial charge in [0.1, 0.15) is 6.04 Å². The highest BCUT2D eigenvalue weighted by Gasteiger charge is 2.27. The smallest absolute Gasteiger partial charge is 0.255 e. The topological polar surface area (TPSA) is 92.4 Å². The van der Waals surface area contributed by atoms with Crippen LogP contribution in [-0.4, -0.2) is 42.1 Å². The SMILES string of the molecule is C[C@H]1OCCN[C@@H]1C(=O)NCc1cccc(C(=O)Nc2ccncc2)c1.Cl.Cl. The van der Waals surface area contributed by atoms with Crippen LogP contribution in [0.25, 0.3) is 0 Å². The summed E-state index contributed by atoms with van der Waals surface area (Å²) in [6.07, 6.45) is 3.07. The van der Waals surface area contributed by atoms with E-state index >= 15 is 0 Å². The molecule has 1 aliphatic rings. The van der Waals surface area contributed by atoms with E-state index in [0.717, 1.165) is 5.56 Å². The van der Waals surface area contributed by atoms with Gasteiger partial charge in [-0.1, -0.05) is 12.1 Å². The van der Waals surface area contributed by atoms with E-state index in [1.165, 1.54) is 0 Å². The lowest BCUT2D eigenvalue weighted by Crippen LogP contribution is -2.55. The second-order valence-electron chi connectivity index (χ2n) is 6.12. The van der Waals surface area contributed by atoms with E-state index in [2.05, 4.69) is 20.9 Å². The number of rotatable bonds is 5. The second-order valence-corrected chi connectivity index (χ2v) is 6.12. The molecule has 0 saturated carbocycles. The molecule has 0 aliphatic carbocycles. The third-order valence-electron chi connectivity index (χ3n) is 4.19. The number of nitrogens with zero attached hydrogens (tertiary/aromatic N) is 1. The highest BCUT2D eigenvalue weighted by Crippen LogP contribution is 2.10. The summed E-state index contributed by atoms with van der Waals surface area (Å²) in [7, 11) is 0. The number of morpholine rings is 1. The van der Waals surface area contributed by atoms with Crippen LogP contribution in [0.1, 0.15) is 22.8 Å². The van der Waals surface area contributed by atoms with Crippen LogP contribution in [0, 0.1) is 0 Å². The minimum absolute atomic E-state index is 0. The maximum Gasteiger partial charge on any atom is 0.255 e. The largest absolute Gasteiger partial charge is 0.375 e. The minimum atomic E-state index is -0.359. The lowest BCUT2D eigenvalue weighted by atomic mass is 10.1. The summed E-state index contributed by atoms with van der Waals surface area (Å²) in [5.41, 5.74) is 2.06. The fourth-order valence-electron chi connectivity index (χ4n) is 2.79. The highest BCUT2D eigenvalue weighted by molar-refractivity contribution is 6.04. The average Bonchev–Trinajstić information content (AvgIpc) is 2.67. The Morgan fingerprint density at radius 2 is 1.96 bits per heavy atom. The van der Waals surface area contributed by atoms with Gasteiger partial charge >= 0.3 is 0 Å². The van der Waals surface area contributed by atoms with Gasteiger partial charge < -0.3 is 20.7 Å². The molecule has 0 unspecified atom stereocenters. The van der Waals surface area contributed by atoms with Gasteiger partial charge in [-0.05, 0) is 36.8 Å². The quantitative estimate of drug-likeness (QED) is 0.681. The van der Waals surface area contributed by atoms with E-state index in [9.17, 15) is 9.59 Å². The lowest BCUT2D eigenvalue weighted by Gasteiger charge is -2.29. The summed E-state index contributed by atoms with van der Waals surface area (Å²) in [4.78, 5) is 28.6. The number of carbonyl (C=O) groups is 2. The molecule has 2 heterocycles. The van der Waals surface area contributed by atoms with Gasteiger partial charge in [0.2, 0.25) is 5.91 Å². The Hall–Kier alpha value is -2.19. The molecule has 1 aromatic heterocycles. The van der Waals surface area contributed by atoms with Crippen molar-refractivity contribution in [3.05, 3.63) is 59.9 Å². The molecule has 0 radical (unpaired) electrons. The van der Waals surface area contributed by atoms with Crippen molar-refractivity contribution in [1.29, 1.82) is 0 Å². The average molecular weight is 427 g/mol. The van der Waals surface area contributed by atoms with Crippen LogP contribution in [0.5, 0.6) is 0 Å². The summed E-state index contributed by atoms with van der Waals surface area (Å²) in [5.74, 6) is -0.316. The molecule has 2 atom stereocenters. The number of halogens is 2. The molecule has 1 saturated heterocycles. The van der Waals surface area contributed by atoms with Crippen LogP contribution < -0.4 is 16.0 Å². The molecule has 28 heavy (non-hydrogen) atoms. The Kier molecular flexibility index (Phi) is 9.89. The van der Waals surface area contributed by atoms with Crippen molar-refractivity contribution in [3.8, 4) is 0 Å². The number of aromatic nitrogens is 1. The fraction of sp³-hybridized carbons (Fsp3) is 0.316. The lowest BCUT2D eigenvalue weighted by molar-refractivity contribution is -0.129. The number of ether oxygens (including phenoxy) is 1. The van der Waals surface area contributed by atoms with E-state index in [4.69, 9.17) is 4.74 Å². The van der Waals surface area contributed by atoms with Gasteiger partial charge in [0.05, 0.1) is 12.7 Å². The minimum Gasteiger partial charge on any atom is -0.375 e. The van der Waals surface area contributed by atoms with Gasteiger partial charge in [-0.15, -0.1) is 24.8 Å². The molecule has 1 aromatic carbocycles. The van der Waals surface area contributed by atoms with Gasteiger partial charge in [-0.3, -0.25) is 14.6 Å². The fourth-order valence-corrected chi connectivity index (χ4v) is 2.79. The number of hydrogen-bond donors (Lipinski definition) is 3. The summed E-state index contributed by atoms with van der Waals surface area (Å²) in [5, 5.41) is 8.86. The molecule has 2 aromatic rings. The van der Waals surface area contributed by atoms with E-state index in [0.29, 0.717) is 30.9 Å². The van der Waals surface area contributed by atoms with Crippen LogP contribution in [0.2, 0.25) is 0 Å². The van der Waals surface area contributed by atoms with Gasteiger partial charge in [0.25, 0.3) is 5.91 Å². The van der Waals surface area contributed by atoms with Gasteiger partial charge in [-0.2, -0.15) is 0 Å². The van der Waals surface area contributed by atoms with Gasteiger partial charge in [0.15, 0.2) is 0 Å². The van der Waals surface area contributed by atoms with Crippen LogP contribution in [0.15, 0.2) is 48.8 Å². The molecule has 3 rings (SSSR count). The normalized spacial score (nSPS) is 18.2. The maximum absolute atomic E-state index is 12.3. The summed E-state index contributed by atoms with van der Waals surface area (Å²) >= 11 is 0. The molecule has 152 valence electrons. The number of carbonyl (C=O) groups excluding carboxylic acids is 2. The van der Waals surface area contributed by atoms with Crippen molar-refractivity contribution in [2.45, 2.75) is 25.6 Å². The van der Waals surface area contributed by atoms with Crippen molar-refractivity contribution in [1.82, 2.24) is 15.6 Å². The molecule has 2 amide bonds. The first-order valence-corrected chi connectivity index (χ1v) is 8.56. The first-order chi connectivity index (χ1) is 12.6. The van der Waals surface area contributed by atoms with Crippen molar-refractivity contribution in [2.75, 3.05) is 18.5 Å². The van der Waals surface area contributed by atoms with Crippen LogP contribution in [-0.2, 0) is 16.1 Å². The first-order valence-electron chi connectivity index (χ1n) is 8.56. The molecule has 3 N–H and O–H groups in total. The van der Waals surface area contributed by atoms with Gasteiger partial charge in [-0.25, -0.2) is 0 Å². The Morgan fingerprint density at radius 1 is 1.21 bits per heavy atom. The molecule has 1 fully saturated rings. The molecule has 0 spiro atoms. The highest BCUT2D eigenvalue weighted by atomic mass is 35.5. The third kappa shape index (κ3) is 6.45. The molecule has 1 aliphatic heterocycles.